The topological polar surface area (TPSA) is 60.3 Å². The first kappa shape index (κ1) is 16.6. The molecule has 0 unspecified atom stereocenters. The van der Waals surface area contributed by atoms with Crippen molar-refractivity contribution in [3.63, 3.8) is 0 Å². The molecule has 5 nitrogen and oxygen atoms in total. The Bertz CT molecular complexity index is 751. The standard InChI is InChI=1S/C17H17FN2O3/c1-23-11-9-19-17(22)15(20-10-3-2-4-16(20)21)12-13-5-7-14(18)8-6-13/h2-8,10,12H,9,11H2,1H3,(H,19,22). The highest BCUT2D eigenvalue weighted by atomic mass is 19.1. The minimum absolute atomic E-state index is 0.151. The molecule has 1 amide bonds. The smallest absolute Gasteiger partial charge is 0.268 e. The Labute approximate surface area is 133 Å². The summed E-state index contributed by atoms with van der Waals surface area (Å²) in [6.45, 7) is 0.678. The van der Waals surface area contributed by atoms with Crippen LogP contribution in [0.2, 0.25) is 0 Å². The zero-order valence-corrected chi connectivity index (χ0v) is 12.7. The monoisotopic (exact) mass is 316 g/mol. The Hall–Kier alpha value is -2.73. The number of methoxy groups -OCH3 is 1. The Morgan fingerprint density at radius 3 is 2.65 bits per heavy atom. The highest BCUT2D eigenvalue weighted by molar-refractivity contribution is 6.18. The number of carbonyl (C=O) groups is 1. The van der Waals surface area contributed by atoms with Crippen LogP contribution in [-0.4, -0.2) is 30.7 Å². The van der Waals surface area contributed by atoms with E-state index in [0.717, 1.165) is 0 Å². The normalized spacial score (nSPS) is 11.3. The summed E-state index contributed by atoms with van der Waals surface area (Å²) in [5.41, 5.74) is 0.431. The highest BCUT2D eigenvalue weighted by Gasteiger charge is 2.12. The van der Waals surface area contributed by atoms with Gasteiger partial charge in [-0.05, 0) is 29.8 Å². The number of amides is 1. The SMILES string of the molecule is COCCNC(=O)C(=Cc1ccc(F)cc1)n1ccccc1=O. The first-order chi connectivity index (χ1) is 11.1. The van der Waals surface area contributed by atoms with Gasteiger partial charge in [0.15, 0.2) is 0 Å². The van der Waals surface area contributed by atoms with Crippen LogP contribution in [0.4, 0.5) is 4.39 Å². The van der Waals surface area contributed by atoms with E-state index in [0.29, 0.717) is 18.7 Å². The molecule has 0 spiro atoms. The third kappa shape index (κ3) is 4.62. The minimum atomic E-state index is -0.417. The fourth-order valence-electron chi connectivity index (χ4n) is 1.94. The number of hydrogen-bond acceptors (Lipinski definition) is 3. The first-order valence-corrected chi connectivity index (χ1v) is 7.04. The van der Waals surface area contributed by atoms with Gasteiger partial charge < -0.3 is 10.1 Å². The van der Waals surface area contributed by atoms with Gasteiger partial charge in [-0.1, -0.05) is 18.2 Å². The van der Waals surface area contributed by atoms with Gasteiger partial charge in [-0.15, -0.1) is 0 Å². The lowest BCUT2D eigenvalue weighted by atomic mass is 10.1. The molecule has 0 aliphatic rings. The average molecular weight is 316 g/mol. The van der Waals surface area contributed by atoms with Gasteiger partial charge in [0, 0.05) is 25.9 Å². The molecule has 6 heteroatoms. The number of nitrogens with zero attached hydrogens (tertiary/aromatic N) is 1. The van der Waals surface area contributed by atoms with Crippen LogP contribution in [-0.2, 0) is 9.53 Å². The average Bonchev–Trinajstić information content (AvgIpc) is 2.55. The fourth-order valence-corrected chi connectivity index (χ4v) is 1.94. The van der Waals surface area contributed by atoms with Gasteiger partial charge in [-0.2, -0.15) is 0 Å². The zero-order chi connectivity index (χ0) is 16.7. The molecule has 2 aromatic rings. The molecular formula is C17H17FN2O3. The Balaban J connectivity index is 2.39. The Morgan fingerprint density at radius 2 is 2.00 bits per heavy atom. The van der Waals surface area contributed by atoms with Crippen molar-refractivity contribution in [3.8, 4) is 0 Å². The summed E-state index contributed by atoms with van der Waals surface area (Å²) in [7, 11) is 1.53. The number of rotatable bonds is 6. The highest BCUT2D eigenvalue weighted by Crippen LogP contribution is 2.11. The molecular weight excluding hydrogens is 299 g/mol. The molecule has 1 aromatic heterocycles. The molecule has 1 heterocycles. The summed E-state index contributed by atoms with van der Waals surface area (Å²) in [4.78, 5) is 24.4. The second-order valence-corrected chi connectivity index (χ2v) is 4.74. The molecule has 23 heavy (non-hydrogen) atoms. The van der Waals surface area contributed by atoms with Crippen molar-refractivity contribution in [2.45, 2.75) is 0 Å². The van der Waals surface area contributed by atoms with Gasteiger partial charge in [-0.3, -0.25) is 14.2 Å². The Kier molecular flexibility index (Phi) is 5.82. The second kappa shape index (κ2) is 8.05. The van der Waals surface area contributed by atoms with Crippen molar-refractivity contribution >= 4 is 17.7 Å². The van der Waals surface area contributed by atoms with Crippen LogP contribution in [0.3, 0.4) is 0 Å². The van der Waals surface area contributed by atoms with E-state index in [9.17, 15) is 14.0 Å². The van der Waals surface area contributed by atoms with E-state index in [1.165, 1.54) is 54.3 Å². The first-order valence-electron chi connectivity index (χ1n) is 7.04. The van der Waals surface area contributed by atoms with Gasteiger partial charge in [0.05, 0.1) is 6.61 Å². The molecule has 1 N–H and O–H groups in total. The largest absolute Gasteiger partial charge is 0.383 e. The van der Waals surface area contributed by atoms with Crippen molar-refractivity contribution in [1.29, 1.82) is 0 Å². The molecule has 0 atom stereocenters. The van der Waals surface area contributed by atoms with E-state index in [1.54, 1.807) is 12.1 Å². The lowest BCUT2D eigenvalue weighted by Gasteiger charge is -2.11. The lowest BCUT2D eigenvalue weighted by Crippen LogP contribution is -2.32. The molecule has 120 valence electrons. The van der Waals surface area contributed by atoms with Gasteiger partial charge in [0.25, 0.3) is 11.5 Å². The van der Waals surface area contributed by atoms with Crippen LogP contribution in [0.25, 0.3) is 11.8 Å². The fraction of sp³-hybridized carbons (Fsp3) is 0.176. The number of aromatic nitrogens is 1. The van der Waals surface area contributed by atoms with Crippen molar-refractivity contribution in [2.24, 2.45) is 0 Å². The molecule has 1 aromatic carbocycles. The van der Waals surface area contributed by atoms with Crippen molar-refractivity contribution in [2.75, 3.05) is 20.3 Å². The number of nitrogens with one attached hydrogen (secondary N) is 1. The van der Waals surface area contributed by atoms with Crippen LogP contribution in [0.5, 0.6) is 0 Å². The third-order valence-electron chi connectivity index (χ3n) is 3.08. The number of benzene rings is 1. The summed E-state index contributed by atoms with van der Waals surface area (Å²) >= 11 is 0. The van der Waals surface area contributed by atoms with Gasteiger partial charge in [0.1, 0.15) is 11.5 Å². The predicted molar refractivity (Wildman–Crippen MR) is 86.2 cm³/mol. The van der Waals surface area contributed by atoms with Crippen LogP contribution in [0.1, 0.15) is 5.56 Å². The number of halogens is 1. The molecule has 0 fully saturated rings. The maximum absolute atomic E-state index is 13.0. The number of hydrogen-bond donors (Lipinski definition) is 1. The summed E-state index contributed by atoms with van der Waals surface area (Å²) in [6.07, 6.45) is 3.04. The van der Waals surface area contributed by atoms with E-state index < -0.39 is 5.91 Å². The van der Waals surface area contributed by atoms with Crippen LogP contribution >= 0.6 is 0 Å². The number of ether oxygens (including phenoxy) is 1. The molecule has 2 rings (SSSR count). The molecule has 0 saturated carbocycles. The lowest BCUT2D eigenvalue weighted by molar-refractivity contribution is -0.116. The molecule has 0 saturated heterocycles. The van der Waals surface area contributed by atoms with Crippen LogP contribution < -0.4 is 10.9 Å². The van der Waals surface area contributed by atoms with Crippen molar-refractivity contribution in [1.82, 2.24) is 9.88 Å². The molecule has 0 aliphatic heterocycles. The summed E-state index contributed by atoms with van der Waals surface area (Å²) in [5.74, 6) is -0.787. The maximum Gasteiger partial charge on any atom is 0.268 e. The number of carbonyl (C=O) groups excluding carboxylic acids is 1. The molecule has 0 aliphatic carbocycles. The second-order valence-electron chi connectivity index (χ2n) is 4.74. The van der Waals surface area contributed by atoms with Crippen molar-refractivity contribution < 1.29 is 13.9 Å². The van der Waals surface area contributed by atoms with Crippen LogP contribution in [0.15, 0.2) is 53.5 Å². The van der Waals surface area contributed by atoms with Gasteiger partial charge in [-0.25, -0.2) is 4.39 Å². The van der Waals surface area contributed by atoms with E-state index in [1.807, 2.05) is 0 Å². The van der Waals surface area contributed by atoms with Crippen LogP contribution in [0, 0.1) is 5.82 Å². The predicted octanol–water partition coefficient (Wildman–Crippen LogP) is 1.75. The molecule has 0 bridgehead atoms. The van der Waals surface area contributed by atoms with Gasteiger partial charge >= 0.3 is 0 Å². The molecule has 0 radical (unpaired) electrons. The quantitative estimate of drug-likeness (QED) is 0.652. The summed E-state index contributed by atoms with van der Waals surface area (Å²) in [5, 5.41) is 2.67. The summed E-state index contributed by atoms with van der Waals surface area (Å²) in [6, 6.07) is 10.3. The van der Waals surface area contributed by atoms with E-state index in [2.05, 4.69) is 5.32 Å². The minimum Gasteiger partial charge on any atom is -0.383 e. The van der Waals surface area contributed by atoms with E-state index >= 15 is 0 Å². The number of pyridine rings is 1. The van der Waals surface area contributed by atoms with Crippen molar-refractivity contribution in [3.05, 3.63) is 70.4 Å². The zero-order valence-electron chi connectivity index (χ0n) is 12.7. The third-order valence-corrected chi connectivity index (χ3v) is 3.08. The Morgan fingerprint density at radius 1 is 1.26 bits per heavy atom. The maximum atomic E-state index is 13.0. The van der Waals surface area contributed by atoms with E-state index in [-0.39, 0.29) is 17.1 Å². The summed E-state index contributed by atoms with van der Waals surface area (Å²) < 4.78 is 19.1. The van der Waals surface area contributed by atoms with E-state index in [4.69, 9.17) is 4.74 Å². The van der Waals surface area contributed by atoms with Gasteiger partial charge in [0.2, 0.25) is 0 Å².